The van der Waals surface area contributed by atoms with Crippen molar-refractivity contribution in [1.29, 1.82) is 0 Å². The van der Waals surface area contributed by atoms with Gasteiger partial charge in [-0.2, -0.15) is 0 Å². The predicted octanol–water partition coefficient (Wildman–Crippen LogP) is 1.84. The molecule has 0 spiro atoms. The van der Waals surface area contributed by atoms with Crippen molar-refractivity contribution in [2.24, 2.45) is 0 Å². The highest BCUT2D eigenvalue weighted by atomic mass is 79.9. The van der Waals surface area contributed by atoms with Crippen LogP contribution in [-0.4, -0.2) is 39.1 Å². The van der Waals surface area contributed by atoms with E-state index in [-0.39, 0.29) is 18.2 Å². The van der Waals surface area contributed by atoms with Crippen LogP contribution in [0.25, 0.3) is 0 Å². The zero-order chi connectivity index (χ0) is 19.7. The summed E-state index contributed by atoms with van der Waals surface area (Å²) in [4.78, 5) is 23.6. The molecule has 27 heavy (non-hydrogen) atoms. The molecule has 0 aliphatic carbocycles. The Hall–Kier alpha value is -2.19. The Bertz CT molecular complexity index is 886. The molecule has 2 amide bonds. The number of halogens is 1. The molecule has 2 rings (SSSR count). The van der Waals surface area contributed by atoms with Crippen LogP contribution in [0.1, 0.15) is 11.1 Å². The molecule has 0 fully saturated rings. The third-order valence-electron chi connectivity index (χ3n) is 3.65. The number of rotatable bonds is 9. The first-order chi connectivity index (χ1) is 12.8. The van der Waals surface area contributed by atoms with Gasteiger partial charge >= 0.3 is 0 Å². The van der Waals surface area contributed by atoms with Crippen molar-refractivity contribution in [3.63, 3.8) is 0 Å². The molecular weight excluding hydrogens is 432 g/mol. The maximum Gasteiger partial charge on any atom is 0.239 e. The summed E-state index contributed by atoms with van der Waals surface area (Å²) in [5.41, 5.74) is 1.69. The smallest absolute Gasteiger partial charge is 0.239 e. The van der Waals surface area contributed by atoms with Gasteiger partial charge in [0.15, 0.2) is 9.84 Å². The Morgan fingerprint density at radius 3 is 2.30 bits per heavy atom. The van der Waals surface area contributed by atoms with Gasteiger partial charge in [0.05, 0.1) is 12.3 Å². The molecule has 0 saturated carbocycles. The molecule has 0 atom stereocenters. The SMILES string of the molecule is O=C(CNC(=O)CS(=O)(=O)Cc1cccc(Br)c1)NCCc1ccccc1. The fourth-order valence-electron chi connectivity index (χ4n) is 2.41. The normalized spacial score (nSPS) is 11.0. The molecule has 2 N–H and O–H groups in total. The second-order valence-electron chi connectivity index (χ2n) is 6.02. The molecule has 0 heterocycles. The van der Waals surface area contributed by atoms with Crippen LogP contribution >= 0.6 is 15.9 Å². The van der Waals surface area contributed by atoms with E-state index in [1.807, 2.05) is 30.3 Å². The molecule has 0 saturated heterocycles. The van der Waals surface area contributed by atoms with E-state index in [1.54, 1.807) is 24.3 Å². The Morgan fingerprint density at radius 2 is 1.59 bits per heavy atom. The molecule has 0 aromatic heterocycles. The van der Waals surface area contributed by atoms with E-state index < -0.39 is 21.5 Å². The minimum atomic E-state index is -3.62. The topological polar surface area (TPSA) is 92.3 Å². The summed E-state index contributed by atoms with van der Waals surface area (Å²) in [7, 11) is -3.62. The minimum absolute atomic E-state index is 0.233. The van der Waals surface area contributed by atoms with Crippen LogP contribution in [0, 0.1) is 0 Å². The Kier molecular flexibility index (Phi) is 7.99. The number of carbonyl (C=O) groups is 2. The van der Waals surface area contributed by atoms with Crippen LogP contribution in [-0.2, 0) is 31.6 Å². The molecule has 0 radical (unpaired) electrons. The van der Waals surface area contributed by atoms with E-state index in [1.165, 1.54) is 0 Å². The zero-order valence-electron chi connectivity index (χ0n) is 14.7. The van der Waals surface area contributed by atoms with E-state index in [0.717, 1.165) is 10.0 Å². The van der Waals surface area contributed by atoms with E-state index in [4.69, 9.17) is 0 Å². The molecule has 0 unspecified atom stereocenters. The maximum atomic E-state index is 12.1. The summed E-state index contributed by atoms with van der Waals surface area (Å²) in [6, 6.07) is 16.6. The van der Waals surface area contributed by atoms with E-state index in [9.17, 15) is 18.0 Å². The lowest BCUT2D eigenvalue weighted by atomic mass is 10.1. The van der Waals surface area contributed by atoms with Crippen molar-refractivity contribution < 1.29 is 18.0 Å². The molecule has 2 aromatic carbocycles. The van der Waals surface area contributed by atoms with Crippen LogP contribution in [0.3, 0.4) is 0 Å². The molecule has 0 bridgehead atoms. The summed E-state index contributed by atoms with van der Waals surface area (Å²) in [5, 5.41) is 5.03. The standard InChI is InChI=1S/C19H21BrN2O4S/c20-17-8-4-7-16(11-17)13-27(25,26)14-19(24)22-12-18(23)21-10-9-15-5-2-1-3-6-15/h1-8,11H,9-10,12-14H2,(H,21,23)(H,22,24). The first-order valence-electron chi connectivity index (χ1n) is 8.36. The number of sulfone groups is 1. The van der Waals surface area contributed by atoms with Crippen LogP contribution in [0.15, 0.2) is 59.1 Å². The summed E-state index contributed by atoms with van der Waals surface area (Å²) in [5.74, 6) is -1.94. The molecule has 0 aliphatic rings. The van der Waals surface area contributed by atoms with Gasteiger partial charge in [0.2, 0.25) is 11.8 Å². The molecule has 8 heteroatoms. The van der Waals surface area contributed by atoms with Gasteiger partial charge in [-0.05, 0) is 29.7 Å². The van der Waals surface area contributed by atoms with Gasteiger partial charge in [-0.1, -0.05) is 58.4 Å². The monoisotopic (exact) mass is 452 g/mol. The van der Waals surface area contributed by atoms with Crippen molar-refractivity contribution in [3.05, 3.63) is 70.2 Å². The van der Waals surface area contributed by atoms with Crippen molar-refractivity contribution in [2.75, 3.05) is 18.8 Å². The Balaban J connectivity index is 1.70. The Morgan fingerprint density at radius 1 is 0.889 bits per heavy atom. The summed E-state index contributed by atoms with van der Waals surface area (Å²) >= 11 is 3.28. The Labute approximate surface area is 167 Å². The van der Waals surface area contributed by atoms with Crippen LogP contribution < -0.4 is 10.6 Å². The summed E-state index contributed by atoms with van der Waals surface area (Å²) in [6.45, 7) is 0.194. The minimum Gasteiger partial charge on any atom is -0.354 e. The van der Waals surface area contributed by atoms with Crippen molar-refractivity contribution in [1.82, 2.24) is 10.6 Å². The second-order valence-corrected chi connectivity index (χ2v) is 9.00. The zero-order valence-corrected chi connectivity index (χ0v) is 17.1. The molecule has 2 aromatic rings. The first kappa shape index (κ1) is 21.1. The van der Waals surface area contributed by atoms with Crippen molar-refractivity contribution >= 4 is 37.6 Å². The molecule has 0 aliphatic heterocycles. The maximum absolute atomic E-state index is 12.1. The average molecular weight is 453 g/mol. The second kappa shape index (κ2) is 10.2. The lowest BCUT2D eigenvalue weighted by Crippen LogP contribution is -2.40. The van der Waals surface area contributed by atoms with Crippen LogP contribution in [0.2, 0.25) is 0 Å². The molecular formula is C19H21BrN2O4S. The number of benzene rings is 2. The van der Waals surface area contributed by atoms with Crippen LogP contribution in [0.4, 0.5) is 0 Å². The third kappa shape index (κ3) is 8.36. The quantitative estimate of drug-likeness (QED) is 0.606. The number of amides is 2. The van der Waals surface area contributed by atoms with Crippen molar-refractivity contribution in [3.8, 4) is 0 Å². The highest BCUT2D eigenvalue weighted by molar-refractivity contribution is 9.10. The fourth-order valence-corrected chi connectivity index (χ4v) is 4.15. The highest BCUT2D eigenvalue weighted by Gasteiger charge is 2.18. The van der Waals surface area contributed by atoms with Gasteiger partial charge in [-0.3, -0.25) is 9.59 Å². The number of nitrogens with one attached hydrogen (secondary N) is 2. The van der Waals surface area contributed by atoms with E-state index >= 15 is 0 Å². The number of carbonyl (C=O) groups excluding carboxylic acids is 2. The third-order valence-corrected chi connectivity index (χ3v) is 5.62. The largest absolute Gasteiger partial charge is 0.354 e. The molecule has 144 valence electrons. The number of hydrogen-bond acceptors (Lipinski definition) is 4. The predicted molar refractivity (Wildman–Crippen MR) is 108 cm³/mol. The van der Waals surface area contributed by atoms with Gasteiger partial charge in [-0.15, -0.1) is 0 Å². The van der Waals surface area contributed by atoms with Gasteiger partial charge in [0.25, 0.3) is 0 Å². The first-order valence-corrected chi connectivity index (χ1v) is 11.0. The fraction of sp³-hybridized carbons (Fsp3) is 0.263. The van der Waals surface area contributed by atoms with E-state index in [0.29, 0.717) is 18.5 Å². The summed E-state index contributed by atoms with van der Waals surface area (Å²) < 4.78 is 25.0. The van der Waals surface area contributed by atoms with Crippen LogP contribution in [0.5, 0.6) is 0 Å². The van der Waals surface area contributed by atoms with Gasteiger partial charge in [-0.25, -0.2) is 8.42 Å². The van der Waals surface area contributed by atoms with E-state index in [2.05, 4.69) is 26.6 Å². The summed E-state index contributed by atoms with van der Waals surface area (Å²) in [6.07, 6.45) is 0.682. The van der Waals surface area contributed by atoms with Crippen molar-refractivity contribution in [2.45, 2.75) is 12.2 Å². The van der Waals surface area contributed by atoms with Gasteiger partial charge in [0.1, 0.15) is 5.75 Å². The van der Waals surface area contributed by atoms with Gasteiger partial charge in [0, 0.05) is 11.0 Å². The van der Waals surface area contributed by atoms with Gasteiger partial charge < -0.3 is 10.6 Å². The number of hydrogen-bond donors (Lipinski definition) is 2. The highest BCUT2D eigenvalue weighted by Crippen LogP contribution is 2.14. The average Bonchev–Trinajstić information content (AvgIpc) is 2.60. The lowest BCUT2D eigenvalue weighted by molar-refractivity contribution is -0.124. The lowest BCUT2D eigenvalue weighted by Gasteiger charge is -2.08. The molecule has 6 nitrogen and oxygen atoms in total.